The lowest BCUT2D eigenvalue weighted by Crippen LogP contribution is -2.34. The zero-order chi connectivity index (χ0) is 9.35. The normalized spacial score (nSPS) is 36.9. The summed E-state index contributed by atoms with van der Waals surface area (Å²) in [5, 5.41) is 9.51. The van der Waals surface area contributed by atoms with Gasteiger partial charge in [0.1, 0.15) is 5.60 Å². The Bertz CT molecular complexity index is 238. The van der Waals surface area contributed by atoms with Crippen LogP contribution in [0.25, 0.3) is 0 Å². The van der Waals surface area contributed by atoms with E-state index >= 15 is 0 Å². The van der Waals surface area contributed by atoms with Crippen molar-refractivity contribution in [3.05, 3.63) is 24.8 Å². The predicted molar refractivity (Wildman–Crippen MR) is 47.6 cm³/mol. The molecular weight excluding hydrogens is 152 g/mol. The highest BCUT2D eigenvalue weighted by atomic mass is 16.3. The Morgan fingerprint density at radius 3 is 2.75 bits per heavy atom. The Morgan fingerprint density at radius 1 is 1.83 bits per heavy atom. The molecule has 0 radical (unpaired) electrons. The van der Waals surface area contributed by atoms with E-state index in [2.05, 4.69) is 6.58 Å². The van der Waals surface area contributed by atoms with Crippen LogP contribution < -0.4 is 0 Å². The van der Waals surface area contributed by atoms with Crippen LogP contribution >= 0.6 is 0 Å². The second-order valence-corrected chi connectivity index (χ2v) is 3.49. The maximum absolute atomic E-state index is 11.5. The second-order valence-electron chi connectivity index (χ2n) is 3.49. The van der Waals surface area contributed by atoms with Gasteiger partial charge in [0, 0.05) is 5.92 Å². The van der Waals surface area contributed by atoms with E-state index in [1.165, 1.54) is 6.92 Å². The minimum atomic E-state index is -1.26. The van der Waals surface area contributed by atoms with Gasteiger partial charge < -0.3 is 5.11 Å². The van der Waals surface area contributed by atoms with Crippen LogP contribution in [0.2, 0.25) is 0 Å². The summed E-state index contributed by atoms with van der Waals surface area (Å²) in [7, 11) is 0. The smallest absolute Gasteiger partial charge is 0.175 e. The van der Waals surface area contributed by atoms with Crippen molar-refractivity contribution in [2.75, 3.05) is 0 Å². The molecule has 0 spiro atoms. The number of carbonyl (C=O) groups excluding carboxylic acids is 1. The van der Waals surface area contributed by atoms with E-state index in [4.69, 9.17) is 0 Å². The van der Waals surface area contributed by atoms with E-state index in [-0.39, 0.29) is 17.6 Å². The van der Waals surface area contributed by atoms with Gasteiger partial charge in [-0.3, -0.25) is 4.79 Å². The third-order valence-electron chi connectivity index (χ3n) is 2.37. The van der Waals surface area contributed by atoms with Crippen molar-refractivity contribution in [3.63, 3.8) is 0 Å². The van der Waals surface area contributed by atoms with Gasteiger partial charge in [-0.15, -0.1) is 6.58 Å². The van der Waals surface area contributed by atoms with Gasteiger partial charge in [0.05, 0.1) is 0 Å². The van der Waals surface area contributed by atoms with Crippen LogP contribution in [0.1, 0.15) is 13.8 Å². The SMILES string of the molecule is C=CC(C)C1C=CC(C)(O)C1=O. The summed E-state index contributed by atoms with van der Waals surface area (Å²) in [6.07, 6.45) is 5.04. The lowest BCUT2D eigenvalue weighted by atomic mass is 9.89. The van der Waals surface area contributed by atoms with Crippen molar-refractivity contribution >= 4 is 5.78 Å². The average Bonchev–Trinajstić information content (AvgIpc) is 2.27. The molecule has 1 aliphatic rings. The van der Waals surface area contributed by atoms with Crippen LogP contribution in [0.3, 0.4) is 0 Å². The first-order valence-corrected chi connectivity index (χ1v) is 4.07. The van der Waals surface area contributed by atoms with E-state index in [0.717, 1.165) is 0 Å². The number of Topliss-reactive ketones (excluding diaryl/α,β-unsaturated/α-hetero) is 1. The van der Waals surface area contributed by atoms with E-state index in [0.29, 0.717) is 0 Å². The zero-order valence-corrected chi connectivity index (χ0v) is 7.45. The number of carbonyl (C=O) groups is 1. The fourth-order valence-corrected chi connectivity index (χ4v) is 1.36. The number of allylic oxidation sites excluding steroid dienone is 2. The largest absolute Gasteiger partial charge is 0.378 e. The molecule has 3 atom stereocenters. The van der Waals surface area contributed by atoms with Gasteiger partial charge in [-0.05, 0) is 18.9 Å². The second kappa shape index (κ2) is 2.87. The molecule has 0 saturated carbocycles. The number of rotatable bonds is 2. The van der Waals surface area contributed by atoms with E-state index < -0.39 is 5.60 Å². The molecule has 0 aromatic carbocycles. The average molecular weight is 166 g/mol. The number of ketones is 1. The van der Waals surface area contributed by atoms with Crippen molar-refractivity contribution in [1.82, 2.24) is 0 Å². The topological polar surface area (TPSA) is 37.3 Å². The molecule has 0 heterocycles. The van der Waals surface area contributed by atoms with Crippen molar-refractivity contribution < 1.29 is 9.90 Å². The first kappa shape index (κ1) is 9.20. The van der Waals surface area contributed by atoms with Crippen LogP contribution in [0, 0.1) is 11.8 Å². The highest BCUT2D eigenvalue weighted by Gasteiger charge is 2.39. The van der Waals surface area contributed by atoms with Crippen molar-refractivity contribution in [2.45, 2.75) is 19.4 Å². The molecule has 1 aliphatic carbocycles. The van der Waals surface area contributed by atoms with Crippen LogP contribution in [0.4, 0.5) is 0 Å². The quantitative estimate of drug-likeness (QED) is 0.628. The van der Waals surface area contributed by atoms with E-state index in [1.54, 1.807) is 18.2 Å². The molecule has 0 aliphatic heterocycles. The van der Waals surface area contributed by atoms with Gasteiger partial charge in [-0.1, -0.05) is 19.1 Å². The monoisotopic (exact) mass is 166 g/mol. The van der Waals surface area contributed by atoms with Gasteiger partial charge in [-0.2, -0.15) is 0 Å². The standard InChI is InChI=1S/C10H14O2/c1-4-7(2)8-5-6-10(3,12)9(8)11/h4-8,12H,1H2,2-3H3. The molecule has 12 heavy (non-hydrogen) atoms. The van der Waals surface area contributed by atoms with Gasteiger partial charge in [-0.25, -0.2) is 0 Å². The minimum Gasteiger partial charge on any atom is -0.378 e. The molecule has 0 bridgehead atoms. The molecule has 0 aromatic rings. The summed E-state index contributed by atoms with van der Waals surface area (Å²) in [5.74, 6) is -0.227. The summed E-state index contributed by atoms with van der Waals surface area (Å²) in [6.45, 7) is 7.05. The van der Waals surface area contributed by atoms with Gasteiger partial charge in [0.2, 0.25) is 0 Å². The summed E-state index contributed by atoms with van der Waals surface area (Å²) in [6, 6.07) is 0. The molecular formula is C10H14O2. The van der Waals surface area contributed by atoms with E-state index in [1.807, 2.05) is 6.92 Å². The van der Waals surface area contributed by atoms with Crippen LogP contribution in [-0.4, -0.2) is 16.5 Å². The molecule has 3 unspecified atom stereocenters. The van der Waals surface area contributed by atoms with Gasteiger partial charge >= 0.3 is 0 Å². The zero-order valence-electron chi connectivity index (χ0n) is 7.45. The number of hydrogen-bond acceptors (Lipinski definition) is 2. The molecule has 2 heteroatoms. The van der Waals surface area contributed by atoms with Crippen molar-refractivity contribution in [3.8, 4) is 0 Å². The molecule has 2 nitrogen and oxygen atoms in total. The fraction of sp³-hybridized carbons (Fsp3) is 0.500. The molecule has 0 saturated heterocycles. The Kier molecular flexibility index (Phi) is 2.20. The molecule has 0 fully saturated rings. The molecule has 1 rings (SSSR count). The van der Waals surface area contributed by atoms with Crippen molar-refractivity contribution in [1.29, 1.82) is 0 Å². The van der Waals surface area contributed by atoms with Crippen molar-refractivity contribution in [2.24, 2.45) is 11.8 Å². The minimum absolute atomic E-state index is 0.0997. The lowest BCUT2D eigenvalue weighted by Gasteiger charge is -2.17. The summed E-state index contributed by atoms with van der Waals surface area (Å²) in [4.78, 5) is 11.5. The molecule has 0 amide bonds. The molecule has 66 valence electrons. The third kappa shape index (κ3) is 1.34. The van der Waals surface area contributed by atoms with E-state index in [9.17, 15) is 9.90 Å². The Labute approximate surface area is 72.6 Å². The Morgan fingerprint density at radius 2 is 2.42 bits per heavy atom. The highest BCUT2D eigenvalue weighted by molar-refractivity contribution is 5.95. The summed E-state index contributed by atoms with van der Waals surface area (Å²) in [5.41, 5.74) is -1.26. The fourth-order valence-electron chi connectivity index (χ4n) is 1.36. The summed E-state index contributed by atoms with van der Waals surface area (Å²) < 4.78 is 0. The van der Waals surface area contributed by atoms with Crippen LogP contribution in [0.5, 0.6) is 0 Å². The molecule has 1 N–H and O–H groups in total. The summed E-state index contributed by atoms with van der Waals surface area (Å²) >= 11 is 0. The maximum atomic E-state index is 11.5. The van der Waals surface area contributed by atoms with Gasteiger partial charge in [0.25, 0.3) is 0 Å². The number of aliphatic hydroxyl groups is 1. The van der Waals surface area contributed by atoms with Crippen LogP contribution in [0.15, 0.2) is 24.8 Å². The first-order valence-electron chi connectivity index (χ1n) is 4.07. The maximum Gasteiger partial charge on any atom is 0.175 e. The van der Waals surface area contributed by atoms with Crippen LogP contribution in [-0.2, 0) is 4.79 Å². The van der Waals surface area contributed by atoms with Gasteiger partial charge in [0.15, 0.2) is 5.78 Å². The Balaban J connectivity index is 2.82. The predicted octanol–water partition coefficient (Wildman–Crippen LogP) is 1.31. The first-order chi connectivity index (χ1) is 5.49. The third-order valence-corrected chi connectivity index (χ3v) is 2.37. The molecule has 0 aromatic heterocycles. The Hall–Kier alpha value is -0.890. The highest BCUT2D eigenvalue weighted by Crippen LogP contribution is 2.28. The number of hydrogen-bond donors (Lipinski definition) is 1. The lowest BCUT2D eigenvalue weighted by molar-refractivity contribution is -0.133.